The molecule has 0 fully saturated rings. The molecule has 0 bridgehead atoms. The number of carbonyl (C=O) groups is 1. The van der Waals surface area contributed by atoms with Crippen molar-refractivity contribution in [1.82, 2.24) is 5.32 Å². The number of benzene rings is 2. The van der Waals surface area contributed by atoms with Crippen LogP contribution in [0.4, 0.5) is 0 Å². The van der Waals surface area contributed by atoms with Crippen LogP contribution in [-0.2, 0) is 24.2 Å². The molecule has 1 amide bonds. The summed E-state index contributed by atoms with van der Waals surface area (Å²) >= 11 is 1.59. The molecule has 1 atom stereocenters. The van der Waals surface area contributed by atoms with Gasteiger partial charge in [-0.3, -0.25) is 4.79 Å². The summed E-state index contributed by atoms with van der Waals surface area (Å²) in [6, 6.07) is 16.6. The van der Waals surface area contributed by atoms with E-state index in [1.807, 2.05) is 37.3 Å². The van der Waals surface area contributed by atoms with Gasteiger partial charge in [-0.15, -0.1) is 11.8 Å². The first kappa shape index (κ1) is 17.6. The second-order valence-corrected chi connectivity index (χ2v) is 7.02. The Hall–Kier alpha value is -1.74. The largest absolute Gasteiger partial charge is 0.351 e. The first-order chi connectivity index (χ1) is 11.1. The molecule has 1 unspecified atom stereocenters. The fourth-order valence-corrected chi connectivity index (χ4v) is 3.40. The molecular formula is C20H25NOS. The van der Waals surface area contributed by atoms with Gasteiger partial charge in [0.15, 0.2) is 0 Å². The van der Waals surface area contributed by atoms with Gasteiger partial charge in [0, 0.05) is 11.4 Å². The summed E-state index contributed by atoms with van der Waals surface area (Å²) in [5.74, 6) is 0.0859. The third-order valence-corrected chi connectivity index (χ3v) is 5.05. The number of hydrogen-bond donors (Lipinski definition) is 1. The van der Waals surface area contributed by atoms with E-state index in [4.69, 9.17) is 0 Å². The van der Waals surface area contributed by atoms with Crippen LogP contribution in [0.1, 0.15) is 37.5 Å². The third-order valence-electron chi connectivity index (χ3n) is 3.94. The Morgan fingerprint density at radius 2 is 1.78 bits per heavy atom. The Labute approximate surface area is 143 Å². The molecule has 0 spiro atoms. The minimum atomic E-state index is -0.100. The maximum Gasteiger partial charge on any atom is 0.233 e. The average molecular weight is 327 g/mol. The van der Waals surface area contributed by atoms with E-state index in [1.165, 1.54) is 16.7 Å². The van der Waals surface area contributed by atoms with Crippen molar-refractivity contribution >= 4 is 17.7 Å². The molecule has 3 heteroatoms. The van der Waals surface area contributed by atoms with Crippen molar-refractivity contribution in [2.45, 2.75) is 50.3 Å². The summed E-state index contributed by atoms with van der Waals surface area (Å²) in [7, 11) is 0. The van der Waals surface area contributed by atoms with Crippen molar-refractivity contribution < 1.29 is 4.79 Å². The van der Waals surface area contributed by atoms with Crippen molar-refractivity contribution in [3.8, 4) is 0 Å². The Kier molecular flexibility index (Phi) is 6.72. The van der Waals surface area contributed by atoms with Crippen molar-refractivity contribution in [2.75, 3.05) is 0 Å². The molecule has 122 valence electrons. The highest BCUT2D eigenvalue weighted by Crippen LogP contribution is 2.23. The maximum atomic E-state index is 12.3. The SMILES string of the molecule is CCc1ccc(CC)c(CNC(=O)C(C)Sc2ccccc2)c1. The fraction of sp³-hybridized carbons (Fsp3) is 0.350. The lowest BCUT2D eigenvalue weighted by Crippen LogP contribution is -2.30. The van der Waals surface area contributed by atoms with E-state index in [9.17, 15) is 4.79 Å². The fourth-order valence-electron chi connectivity index (χ4n) is 2.49. The molecule has 2 rings (SSSR count). The minimum absolute atomic E-state index is 0.0859. The van der Waals surface area contributed by atoms with Crippen molar-refractivity contribution in [3.05, 3.63) is 65.2 Å². The number of nitrogens with one attached hydrogen (secondary N) is 1. The molecule has 0 aliphatic rings. The first-order valence-corrected chi connectivity index (χ1v) is 9.12. The zero-order valence-electron chi connectivity index (χ0n) is 14.1. The highest BCUT2D eigenvalue weighted by atomic mass is 32.2. The Morgan fingerprint density at radius 1 is 1.04 bits per heavy atom. The van der Waals surface area contributed by atoms with Crippen LogP contribution < -0.4 is 5.32 Å². The van der Waals surface area contributed by atoms with Crippen LogP contribution in [0.3, 0.4) is 0 Å². The molecule has 0 heterocycles. The zero-order chi connectivity index (χ0) is 16.7. The summed E-state index contributed by atoms with van der Waals surface area (Å²) in [5.41, 5.74) is 3.86. The first-order valence-electron chi connectivity index (χ1n) is 8.24. The summed E-state index contributed by atoms with van der Waals surface area (Å²) in [6.07, 6.45) is 2.01. The molecule has 0 aliphatic heterocycles. The van der Waals surface area contributed by atoms with Gasteiger partial charge < -0.3 is 5.32 Å². The van der Waals surface area contributed by atoms with E-state index < -0.39 is 0 Å². The Balaban J connectivity index is 1.96. The Morgan fingerprint density at radius 3 is 2.43 bits per heavy atom. The lowest BCUT2D eigenvalue weighted by atomic mass is 10.0. The molecular weight excluding hydrogens is 302 g/mol. The molecule has 0 aliphatic carbocycles. The zero-order valence-corrected chi connectivity index (χ0v) is 15.0. The molecule has 0 radical (unpaired) electrons. The van der Waals surface area contributed by atoms with Crippen LogP contribution in [0.2, 0.25) is 0 Å². The number of carbonyl (C=O) groups excluding carboxylic acids is 1. The second-order valence-electron chi connectivity index (χ2n) is 5.60. The van der Waals surface area contributed by atoms with Gasteiger partial charge in [0.2, 0.25) is 5.91 Å². The van der Waals surface area contributed by atoms with Crippen molar-refractivity contribution in [1.29, 1.82) is 0 Å². The van der Waals surface area contributed by atoms with Crippen LogP contribution in [0, 0.1) is 0 Å². The van der Waals surface area contributed by atoms with Gasteiger partial charge in [-0.1, -0.05) is 50.2 Å². The topological polar surface area (TPSA) is 29.1 Å². The van der Waals surface area contributed by atoms with Gasteiger partial charge >= 0.3 is 0 Å². The van der Waals surface area contributed by atoms with Crippen LogP contribution in [-0.4, -0.2) is 11.2 Å². The van der Waals surface area contributed by atoms with Crippen LogP contribution in [0.5, 0.6) is 0 Å². The van der Waals surface area contributed by atoms with Crippen LogP contribution in [0.25, 0.3) is 0 Å². The maximum absolute atomic E-state index is 12.3. The summed E-state index contributed by atoms with van der Waals surface area (Å²) in [4.78, 5) is 13.5. The quantitative estimate of drug-likeness (QED) is 0.753. The molecule has 1 N–H and O–H groups in total. The monoisotopic (exact) mass is 327 g/mol. The van der Waals surface area contributed by atoms with Gasteiger partial charge in [0.1, 0.15) is 0 Å². The van der Waals surface area contributed by atoms with E-state index in [0.717, 1.165) is 17.7 Å². The Bertz CT molecular complexity index is 639. The van der Waals surface area contributed by atoms with Crippen LogP contribution in [0.15, 0.2) is 53.4 Å². The summed E-state index contributed by atoms with van der Waals surface area (Å²) < 4.78 is 0. The van der Waals surface area contributed by atoms with E-state index in [-0.39, 0.29) is 11.2 Å². The predicted octanol–water partition coefficient (Wildman–Crippen LogP) is 4.61. The predicted molar refractivity (Wildman–Crippen MR) is 98.8 cm³/mol. The average Bonchev–Trinajstić information content (AvgIpc) is 2.60. The van der Waals surface area contributed by atoms with Crippen LogP contribution >= 0.6 is 11.8 Å². The van der Waals surface area contributed by atoms with E-state index in [2.05, 4.69) is 37.4 Å². The second kappa shape index (κ2) is 8.78. The van der Waals surface area contributed by atoms with Gasteiger partial charge in [0.25, 0.3) is 0 Å². The minimum Gasteiger partial charge on any atom is -0.351 e. The van der Waals surface area contributed by atoms with E-state index in [1.54, 1.807) is 11.8 Å². The summed E-state index contributed by atoms with van der Waals surface area (Å²) in [5, 5.41) is 2.99. The number of aryl methyl sites for hydroxylation is 2. The third kappa shape index (κ3) is 5.14. The van der Waals surface area contributed by atoms with Gasteiger partial charge in [-0.25, -0.2) is 0 Å². The number of hydrogen-bond acceptors (Lipinski definition) is 2. The molecule has 0 saturated carbocycles. The molecule has 2 aromatic carbocycles. The van der Waals surface area contributed by atoms with E-state index in [0.29, 0.717) is 6.54 Å². The molecule has 23 heavy (non-hydrogen) atoms. The molecule has 0 aromatic heterocycles. The lowest BCUT2D eigenvalue weighted by Gasteiger charge is -2.14. The van der Waals surface area contributed by atoms with Crippen molar-refractivity contribution in [3.63, 3.8) is 0 Å². The standard InChI is InChI=1S/C20H25NOS/c1-4-16-11-12-17(5-2)18(13-16)14-21-20(22)15(3)23-19-9-7-6-8-10-19/h6-13,15H,4-5,14H2,1-3H3,(H,21,22). The molecule has 2 aromatic rings. The number of rotatable bonds is 7. The highest BCUT2D eigenvalue weighted by molar-refractivity contribution is 8.00. The van der Waals surface area contributed by atoms with Gasteiger partial charge in [-0.05, 0) is 48.6 Å². The molecule has 0 saturated heterocycles. The van der Waals surface area contributed by atoms with Crippen molar-refractivity contribution in [2.24, 2.45) is 0 Å². The highest BCUT2D eigenvalue weighted by Gasteiger charge is 2.14. The number of amides is 1. The smallest absolute Gasteiger partial charge is 0.233 e. The normalized spacial score (nSPS) is 12.0. The van der Waals surface area contributed by atoms with Gasteiger partial charge in [-0.2, -0.15) is 0 Å². The van der Waals surface area contributed by atoms with E-state index >= 15 is 0 Å². The number of thioether (sulfide) groups is 1. The molecule has 2 nitrogen and oxygen atoms in total. The lowest BCUT2D eigenvalue weighted by molar-refractivity contribution is -0.120. The van der Waals surface area contributed by atoms with Gasteiger partial charge in [0.05, 0.1) is 5.25 Å². The summed E-state index contributed by atoms with van der Waals surface area (Å²) in [6.45, 7) is 6.87.